The van der Waals surface area contributed by atoms with E-state index in [-0.39, 0.29) is 17.6 Å². The highest BCUT2D eigenvalue weighted by Crippen LogP contribution is 2.27. The molecule has 0 saturated carbocycles. The predicted octanol–water partition coefficient (Wildman–Crippen LogP) is 4.49. The Morgan fingerprint density at radius 2 is 2.00 bits per heavy atom. The Labute approximate surface area is 192 Å². The Hall–Kier alpha value is -3.61. The van der Waals surface area contributed by atoms with Crippen molar-refractivity contribution >= 4 is 11.6 Å². The maximum Gasteiger partial charge on any atom is 0.259 e. The predicted molar refractivity (Wildman–Crippen MR) is 124 cm³/mol. The molecule has 1 saturated heterocycles. The lowest BCUT2D eigenvalue weighted by atomic mass is 9.93. The fourth-order valence-corrected chi connectivity index (χ4v) is 4.66. The first-order chi connectivity index (χ1) is 16.0. The molecule has 168 valence electrons. The van der Waals surface area contributed by atoms with Crippen LogP contribution in [-0.4, -0.2) is 43.5 Å². The van der Waals surface area contributed by atoms with Crippen LogP contribution in [0.25, 0.3) is 5.65 Å². The number of amides is 1. The summed E-state index contributed by atoms with van der Waals surface area (Å²) >= 11 is 0. The van der Waals surface area contributed by atoms with E-state index in [1.807, 2.05) is 43.1 Å². The smallest absolute Gasteiger partial charge is 0.259 e. The van der Waals surface area contributed by atoms with Gasteiger partial charge in [-0.05, 0) is 68.5 Å². The molecule has 1 aliphatic heterocycles. The third kappa shape index (κ3) is 4.35. The normalized spacial score (nSPS) is 16.3. The number of hydrogen-bond donors (Lipinski definition) is 0. The molecular formula is C26H26FN5O. The van der Waals surface area contributed by atoms with Gasteiger partial charge in [0.15, 0.2) is 5.65 Å². The van der Waals surface area contributed by atoms with Gasteiger partial charge in [0, 0.05) is 42.3 Å². The molecule has 0 unspecified atom stereocenters. The SMILES string of the molecule is Cc1cc(C)n2ncc(C(=O)N3CCC[C@H](c4ccc(Cc5cccc(F)c5)cn4)C3)c2n1. The third-order valence-corrected chi connectivity index (χ3v) is 6.28. The number of carbonyl (C=O) groups excluding carboxylic acids is 1. The minimum Gasteiger partial charge on any atom is -0.338 e. The summed E-state index contributed by atoms with van der Waals surface area (Å²) in [5.74, 6) is -0.0742. The molecule has 0 aliphatic carbocycles. The number of carbonyl (C=O) groups is 1. The molecule has 6 nitrogen and oxygen atoms in total. The van der Waals surface area contributed by atoms with Gasteiger partial charge in [0.1, 0.15) is 11.4 Å². The van der Waals surface area contributed by atoms with Crippen LogP contribution in [0.15, 0.2) is 54.9 Å². The van der Waals surface area contributed by atoms with Crippen LogP contribution in [0.5, 0.6) is 0 Å². The fraction of sp³-hybridized carbons (Fsp3) is 0.308. The van der Waals surface area contributed by atoms with Gasteiger partial charge in [-0.2, -0.15) is 5.10 Å². The number of hydrogen-bond acceptors (Lipinski definition) is 4. The lowest BCUT2D eigenvalue weighted by Crippen LogP contribution is -2.39. The van der Waals surface area contributed by atoms with E-state index in [0.717, 1.165) is 47.6 Å². The van der Waals surface area contributed by atoms with Crippen LogP contribution in [0, 0.1) is 19.7 Å². The van der Waals surface area contributed by atoms with Gasteiger partial charge < -0.3 is 4.90 Å². The lowest BCUT2D eigenvalue weighted by Gasteiger charge is -2.32. The van der Waals surface area contributed by atoms with Crippen molar-refractivity contribution < 1.29 is 9.18 Å². The number of benzene rings is 1. The van der Waals surface area contributed by atoms with Crippen LogP contribution in [0.2, 0.25) is 0 Å². The molecule has 4 aromatic rings. The average molecular weight is 444 g/mol. The summed E-state index contributed by atoms with van der Waals surface area (Å²) in [6.45, 7) is 5.23. The molecule has 33 heavy (non-hydrogen) atoms. The minimum atomic E-state index is -0.226. The largest absolute Gasteiger partial charge is 0.338 e. The molecule has 0 spiro atoms. The van der Waals surface area contributed by atoms with E-state index >= 15 is 0 Å². The number of fused-ring (bicyclic) bond motifs is 1. The molecule has 1 atom stereocenters. The van der Waals surface area contributed by atoms with E-state index in [1.54, 1.807) is 22.8 Å². The molecule has 0 N–H and O–H groups in total. The van der Waals surface area contributed by atoms with E-state index < -0.39 is 0 Å². The standard InChI is InChI=1S/C26H26FN5O/c1-17-11-18(2)32-25(30-17)23(15-29-32)26(33)31-10-4-6-21(16-31)24-9-8-20(14-28-24)12-19-5-3-7-22(27)13-19/h3,5,7-9,11,13-15,21H,4,6,10,12,16H2,1-2H3/t21-/m0/s1. The summed E-state index contributed by atoms with van der Waals surface area (Å²) in [7, 11) is 0. The zero-order valence-corrected chi connectivity index (χ0v) is 18.8. The number of halogens is 1. The fourth-order valence-electron chi connectivity index (χ4n) is 4.66. The Morgan fingerprint density at radius 3 is 2.79 bits per heavy atom. The van der Waals surface area contributed by atoms with E-state index in [4.69, 9.17) is 4.98 Å². The zero-order valence-electron chi connectivity index (χ0n) is 18.8. The Morgan fingerprint density at radius 1 is 1.12 bits per heavy atom. The topological polar surface area (TPSA) is 63.4 Å². The Kier molecular flexibility index (Phi) is 5.62. The van der Waals surface area contributed by atoms with Gasteiger partial charge in [0.05, 0.1) is 6.20 Å². The summed E-state index contributed by atoms with van der Waals surface area (Å²) < 4.78 is 15.2. The van der Waals surface area contributed by atoms with Gasteiger partial charge in [-0.15, -0.1) is 0 Å². The van der Waals surface area contributed by atoms with E-state index in [1.165, 1.54) is 6.07 Å². The first-order valence-corrected chi connectivity index (χ1v) is 11.3. The van der Waals surface area contributed by atoms with Crippen LogP contribution in [-0.2, 0) is 6.42 Å². The van der Waals surface area contributed by atoms with Crippen molar-refractivity contribution in [2.45, 2.75) is 39.0 Å². The van der Waals surface area contributed by atoms with Crippen LogP contribution in [0.1, 0.15) is 57.3 Å². The molecule has 0 bridgehead atoms. The molecule has 4 heterocycles. The number of likely N-dealkylation sites (tertiary alicyclic amines) is 1. The average Bonchev–Trinajstić information content (AvgIpc) is 3.23. The van der Waals surface area contributed by atoms with E-state index in [9.17, 15) is 9.18 Å². The van der Waals surface area contributed by atoms with Gasteiger partial charge in [0.25, 0.3) is 5.91 Å². The first-order valence-electron chi connectivity index (χ1n) is 11.3. The van der Waals surface area contributed by atoms with Gasteiger partial charge in [-0.1, -0.05) is 18.2 Å². The zero-order chi connectivity index (χ0) is 22.9. The number of rotatable bonds is 4. The van der Waals surface area contributed by atoms with Gasteiger partial charge >= 0.3 is 0 Å². The lowest BCUT2D eigenvalue weighted by molar-refractivity contribution is 0.0707. The highest BCUT2D eigenvalue weighted by molar-refractivity contribution is 5.99. The van der Waals surface area contributed by atoms with Crippen molar-refractivity contribution in [3.63, 3.8) is 0 Å². The highest BCUT2D eigenvalue weighted by Gasteiger charge is 2.28. The first kappa shape index (κ1) is 21.2. The quantitative estimate of drug-likeness (QED) is 0.466. The maximum absolute atomic E-state index is 13.4. The summed E-state index contributed by atoms with van der Waals surface area (Å²) in [6, 6.07) is 12.7. The summed E-state index contributed by atoms with van der Waals surface area (Å²) in [5.41, 5.74) is 5.92. The van der Waals surface area contributed by atoms with Crippen molar-refractivity contribution in [2.75, 3.05) is 13.1 Å². The van der Waals surface area contributed by atoms with Crippen molar-refractivity contribution in [3.05, 3.63) is 94.4 Å². The Bertz CT molecular complexity index is 1310. The highest BCUT2D eigenvalue weighted by atomic mass is 19.1. The number of nitrogens with zero attached hydrogens (tertiary/aromatic N) is 5. The molecule has 7 heteroatoms. The number of pyridine rings is 1. The minimum absolute atomic E-state index is 0.0325. The molecule has 0 radical (unpaired) electrons. The third-order valence-electron chi connectivity index (χ3n) is 6.28. The van der Waals surface area contributed by atoms with E-state index in [2.05, 4.69) is 16.1 Å². The van der Waals surface area contributed by atoms with E-state index in [0.29, 0.717) is 24.2 Å². The van der Waals surface area contributed by atoms with Crippen molar-refractivity contribution in [3.8, 4) is 0 Å². The summed E-state index contributed by atoms with van der Waals surface area (Å²) in [6.07, 6.45) is 6.04. The molecule has 1 amide bonds. The van der Waals surface area contributed by atoms with Crippen molar-refractivity contribution in [1.29, 1.82) is 0 Å². The molecule has 1 aliphatic rings. The van der Waals surface area contributed by atoms with Crippen LogP contribution < -0.4 is 0 Å². The summed E-state index contributed by atoms with van der Waals surface area (Å²) in [5, 5.41) is 4.37. The number of aromatic nitrogens is 4. The summed E-state index contributed by atoms with van der Waals surface area (Å²) in [4.78, 5) is 24.5. The second-order valence-electron chi connectivity index (χ2n) is 8.82. The van der Waals surface area contributed by atoms with Crippen molar-refractivity contribution in [1.82, 2.24) is 24.5 Å². The monoisotopic (exact) mass is 443 g/mol. The van der Waals surface area contributed by atoms with Gasteiger partial charge in [-0.25, -0.2) is 13.9 Å². The van der Waals surface area contributed by atoms with Gasteiger partial charge in [0.2, 0.25) is 0 Å². The number of aryl methyl sites for hydroxylation is 2. The van der Waals surface area contributed by atoms with Gasteiger partial charge in [-0.3, -0.25) is 9.78 Å². The second kappa shape index (κ2) is 8.73. The maximum atomic E-state index is 13.4. The molecule has 1 fully saturated rings. The van der Waals surface area contributed by atoms with Crippen LogP contribution in [0.4, 0.5) is 4.39 Å². The second-order valence-corrected chi connectivity index (χ2v) is 8.82. The number of piperidine rings is 1. The molecule has 3 aromatic heterocycles. The van der Waals surface area contributed by atoms with Crippen LogP contribution in [0.3, 0.4) is 0 Å². The Balaban J connectivity index is 1.31. The molecule has 1 aromatic carbocycles. The molecular weight excluding hydrogens is 417 g/mol. The molecule has 5 rings (SSSR count). The van der Waals surface area contributed by atoms with Crippen molar-refractivity contribution in [2.24, 2.45) is 0 Å². The van der Waals surface area contributed by atoms with Crippen LogP contribution >= 0.6 is 0 Å².